The highest BCUT2D eigenvalue weighted by Crippen LogP contribution is 2.34. The maximum absolute atomic E-state index is 12.7. The summed E-state index contributed by atoms with van der Waals surface area (Å²) in [5.74, 6) is -0.108. The van der Waals surface area contributed by atoms with Gasteiger partial charge in [-0.3, -0.25) is 4.79 Å². The quantitative estimate of drug-likeness (QED) is 0.674. The molecule has 8 heteroatoms. The number of anilines is 1. The summed E-state index contributed by atoms with van der Waals surface area (Å²) in [6.45, 7) is -1.24. The molecular weight excluding hydrogens is 380 g/mol. The Morgan fingerprint density at radius 3 is 2.52 bits per heavy atom. The molecule has 0 aliphatic rings. The van der Waals surface area contributed by atoms with Gasteiger partial charge in [-0.1, -0.05) is 23.7 Å². The summed E-state index contributed by atoms with van der Waals surface area (Å²) in [5, 5.41) is 3.16. The molecule has 0 saturated carbocycles. The molecule has 27 heavy (non-hydrogen) atoms. The second-order valence-electron chi connectivity index (χ2n) is 5.38. The maximum atomic E-state index is 12.7. The van der Waals surface area contributed by atoms with E-state index in [-0.39, 0.29) is 17.1 Å². The Kier molecular flexibility index (Phi) is 7.01. The number of ether oxygens (including phenoxy) is 3. The van der Waals surface area contributed by atoms with Gasteiger partial charge in [-0.25, -0.2) is 0 Å². The largest absolute Gasteiger partial charge is 0.495 e. The van der Waals surface area contributed by atoms with E-state index in [1.54, 1.807) is 25.1 Å². The van der Waals surface area contributed by atoms with E-state index in [0.29, 0.717) is 16.5 Å². The van der Waals surface area contributed by atoms with Gasteiger partial charge in [-0.2, -0.15) is 8.78 Å². The molecular formula is C19H18ClF2NO4. The lowest BCUT2D eigenvalue weighted by Gasteiger charge is -2.12. The number of aryl methyl sites for hydroxylation is 1. The van der Waals surface area contributed by atoms with E-state index in [9.17, 15) is 13.6 Å². The van der Waals surface area contributed by atoms with Crippen molar-refractivity contribution in [3.05, 3.63) is 52.6 Å². The second kappa shape index (κ2) is 9.23. The number of alkyl halides is 2. The van der Waals surface area contributed by atoms with Crippen LogP contribution in [0.15, 0.2) is 36.4 Å². The molecule has 0 radical (unpaired) electrons. The van der Waals surface area contributed by atoms with Crippen molar-refractivity contribution < 1.29 is 27.8 Å². The third-order valence-corrected chi connectivity index (χ3v) is 4.00. The highest BCUT2D eigenvalue weighted by atomic mass is 35.5. The van der Waals surface area contributed by atoms with Gasteiger partial charge in [0.05, 0.1) is 19.9 Å². The molecule has 0 aliphatic heterocycles. The number of hydrogen-bond acceptors (Lipinski definition) is 4. The molecule has 0 heterocycles. The Balaban J connectivity index is 2.24. The predicted octanol–water partition coefficient (Wildman–Crippen LogP) is 4.92. The molecule has 0 spiro atoms. The molecule has 0 aromatic heterocycles. The molecule has 2 aromatic rings. The lowest BCUT2D eigenvalue weighted by Crippen LogP contribution is -2.09. The molecule has 1 amide bonds. The van der Waals surface area contributed by atoms with Crippen LogP contribution in [-0.4, -0.2) is 26.7 Å². The minimum Gasteiger partial charge on any atom is -0.495 e. The number of carbonyl (C=O) groups excluding carboxylic acids is 1. The number of hydrogen-bond donors (Lipinski definition) is 1. The first-order valence-corrected chi connectivity index (χ1v) is 8.18. The predicted molar refractivity (Wildman–Crippen MR) is 100 cm³/mol. The summed E-state index contributed by atoms with van der Waals surface area (Å²) < 4.78 is 40.0. The van der Waals surface area contributed by atoms with Crippen LogP contribution in [0.25, 0.3) is 6.08 Å². The monoisotopic (exact) mass is 397 g/mol. The highest BCUT2D eigenvalue weighted by molar-refractivity contribution is 6.31. The summed E-state index contributed by atoms with van der Waals surface area (Å²) in [5.41, 5.74) is 1.46. The topological polar surface area (TPSA) is 56.8 Å². The highest BCUT2D eigenvalue weighted by Gasteiger charge is 2.14. The Morgan fingerprint density at radius 1 is 1.19 bits per heavy atom. The number of nitrogens with one attached hydrogen (secondary N) is 1. The van der Waals surface area contributed by atoms with Gasteiger partial charge in [0.15, 0.2) is 11.5 Å². The minimum absolute atomic E-state index is 0.132. The number of rotatable bonds is 7. The summed E-state index contributed by atoms with van der Waals surface area (Å²) in [7, 11) is 2.79. The molecule has 1 N–H and O–H groups in total. The first-order valence-electron chi connectivity index (χ1n) is 7.80. The van der Waals surface area contributed by atoms with Crippen molar-refractivity contribution in [2.45, 2.75) is 13.5 Å². The van der Waals surface area contributed by atoms with E-state index in [2.05, 4.69) is 10.1 Å². The van der Waals surface area contributed by atoms with Crippen molar-refractivity contribution in [1.82, 2.24) is 0 Å². The van der Waals surface area contributed by atoms with Gasteiger partial charge >= 0.3 is 6.61 Å². The molecule has 0 fully saturated rings. The summed E-state index contributed by atoms with van der Waals surface area (Å²) in [6.07, 6.45) is 2.54. The van der Waals surface area contributed by atoms with Gasteiger partial charge in [0.2, 0.25) is 5.91 Å². The van der Waals surface area contributed by atoms with Crippen LogP contribution < -0.4 is 19.5 Å². The Hall–Kier alpha value is -2.80. The lowest BCUT2D eigenvalue weighted by molar-refractivity contribution is -0.111. The van der Waals surface area contributed by atoms with E-state index < -0.39 is 12.5 Å². The molecule has 0 bridgehead atoms. The van der Waals surface area contributed by atoms with Crippen molar-refractivity contribution in [1.29, 1.82) is 0 Å². The van der Waals surface area contributed by atoms with Crippen molar-refractivity contribution >= 4 is 29.3 Å². The van der Waals surface area contributed by atoms with Crippen LogP contribution >= 0.6 is 11.6 Å². The zero-order chi connectivity index (χ0) is 20.0. The second-order valence-corrected chi connectivity index (χ2v) is 5.79. The summed E-state index contributed by atoms with van der Waals surface area (Å²) in [4.78, 5) is 12.2. The van der Waals surface area contributed by atoms with E-state index in [1.807, 2.05) is 0 Å². The van der Waals surface area contributed by atoms with E-state index in [0.717, 1.165) is 5.56 Å². The van der Waals surface area contributed by atoms with Crippen molar-refractivity contribution in [2.24, 2.45) is 0 Å². The van der Waals surface area contributed by atoms with Crippen LogP contribution in [0.4, 0.5) is 14.5 Å². The average molecular weight is 398 g/mol. The smallest absolute Gasteiger partial charge is 0.387 e. The van der Waals surface area contributed by atoms with Crippen molar-refractivity contribution in [3.63, 3.8) is 0 Å². The summed E-state index contributed by atoms with van der Waals surface area (Å²) in [6, 6.07) is 7.87. The number of carbonyl (C=O) groups is 1. The number of methoxy groups -OCH3 is 2. The average Bonchev–Trinajstić information content (AvgIpc) is 2.63. The molecule has 0 saturated heterocycles. The van der Waals surface area contributed by atoms with E-state index >= 15 is 0 Å². The molecule has 0 unspecified atom stereocenters. The fourth-order valence-corrected chi connectivity index (χ4v) is 2.46. The Labute approximate surface area is 160 Å². The maximum Gasteiger partial charge on any atom is 0.387 e. The van der Waals surface area contributed by atoms with Crippen molar-refractivity contribution in [3.8, 4) is 17.2 Å². The zero-order valence-electron chi connectivity index (χ0n) is 14.9. The number of para-hydroxylation sites is 1. The molecule has 5 nitrogen and oxygen atoms in total. The van der Waals surface area contributed by atoms with Gasteiger partial charge in [0, 0.05) is 22.7 Å². The van der Waals surface area contributed by atoms with Crippen LogP contribution in [0.5, 0.6) is 17.2 Å². The van der Waals surface area contributed by atoms with Gasteiger partial charge in [0.25, 0.3) is 0 Å². The molecule has 144 valence electrons. The van der Waals surface area contributed by atoms with Crippen LogP contribution in [-0.2, 0) is 4.79 Å². The fourth-order valence-electron chi connectivity index (χ4n) is 2.31. The van der Waals surface area contributed by atoms with Gasteiger partial charge in [0.1, 0.15) is 5.75 Å². The molecule has 0 atom stereocenters. The van der Waals surface area contributed by atoms with Gasteiger partial charge < -0.3 is 19.5 Å². The van der Waals surface area contributed by atoms with E-state index in [1.165, 1.54) is 38.5 Å². The zero-order valence-corrected chi connectivity index (χ0v) is 15.6. The Morgan fingerprint density at radius 2 is 1.89 bits per heavy atom. The fraction of sp³-hybridized carbons (Fsp3) is 0.211. The van der Waals surface area contributed by atoms with Crippen LogP contribution in [0.2, 0.25) is 5.02 Å². The first kappa shape index (κ1) is 20.5. The lowest BCUT2D eigenvalue weighted by atomic mass is 10.1. The third kappa shape index (κ3) is 5.34. The van der Waals surface area contributed by atoms with Crippen LogP contribution in [0.1, 0.15) is 11.1 Å². The Bertz CT molecular complexity index is 856. The third-order valence-electron chi connectivity index (χ3n) is 3.59. The molecule has 2 rings (SSSR count). The molecule has 2 aromatic carbocycles. The van der Waals surface area contributed by atoms with Gasteiger partial charge in [-0.05, 0) is 30.7 Å². The number of halogens is 3. The van der Waals surface area contributed by atoms with Crippen LogP contribution in [0, 0.1) is 6.92 Å². The first-order chi connectivity index (χ1) is 12.8. The normalized spacial score (nSPS) is 10.9. The van der Waals surface area contributed by atoms with E-state index in [4.69, 9.17) is 21.1 Å². The minimum atomic E-state index is -3.02. The van der Waals surface area contributed by atoms with Crippen LogP contribution in [0.3, 0.4) is 0 Å². The SMILES string of the molecule is COc1cc(Cl)c(C)cc1NC(=O)/C=C/c1cccc(OC)c1OC(F)F. The standard InChI is InChI=1S/C19H18ClF2NO4/c1-11-9-14(16(26-3)10-13(11)20)23-17(24)8-7-12-5-4-6-15(25-2)18(12)27-19(21)22/h4-10,19H,1-3H3,(H,23,24)/b8-7+. The molecule has 0 aliphatic carbocycles. The summed E-state index contributed by atoms with van der Waals surface area (Å²) >= 11 is 6.04. The number of benzene rings is 2. The van der Waals surface area contributed by atoms with Crippen molar-refractivity contribution in [2.75, 3.05) is 19.5 Å². The number of amides is 1. The van der Waals surface area contributed by atoms with Gasteiger partial charge in [-0.15, -0.1) is 0 Å².